The maximum atomic E-state index is 13.1. The van der Waals surface area contributed by atoms with Gasteiger partial charge in [-0.05, 0) is 42.3 Å². The summed E-state index contributed by atoms with van der Waals surface area (Å²) in [4.78, 5) is 41.7. The Morgan fingerprint density at radius 3 is 2.47 bits per heavy atom. The van der Waals surface area contributed by atoms with Gasteiger partial charge in [-0.25, -0.2) is 4.79 Å². The fourth-order valence-electron chi connectivity index (χ4n) is 3.61. The number of aryl methyl sites for hydroxylation is 1. The number of hydrogen-bond acceptors (Lipinski definition) is 5. The van der Waals surface area contributed by atoms with Crippen LogP contribution in [0.15, 0.2) is 48.5 Å². The molecule has 0 saturated carbocycles. The van der Waals surface area contributed by atoms with E-state index in [1.165, 1.54) is 9.80 Å². The number of anilines is 1. The lowest BCUT2D eigenvalue weighted by Crippen LogP contribution is -2.55. The molecule has 0 spiro atoms. The van der Waals surface area contributed by atoms with Crippen LogP contribution in [0.4, 0.5) is 10.5 Å². The molecule has 32 heavy (non-hydrogen) atoms. The van der Waals surface area contributed by atoms with E-state index < -0.39 is 18.1 Å². The number of urea groups is 1. The number of benzene rings is 2. The van der Waals surface area contributed by atoms with Gasteiger partial charge in [-0.15, -0.1) is 0 Å². The Labute approximate surface area is 187 Å². The summed E-state index contributed by atoms with van der Waals surface area (Å²) >= 11 is 0. The molecule has 9 nitrogen and oxygen atoms in total. The third-order valence-electron chi connectivity index (χ3n) is 5.22. The molecule has 0 bridgehead atoms. The number of methoxy groups -OCH3 is 1. The molecule has 1 saturated heterocycles. The van der Waals surface area contributed by atoms with Crippen molar-refractivity contribution in [2.75, 3.05) is 38.6 Å². The van der Waals surface area contributed by atoms with E-state index >= 15 is 0 Å². The minimum Gasteiger partial charge on any atom is -0.497 e. The number of carbonyl (C=O) groups is 3. The molecule has 1 heterocycles. The molecule has 0 aliphatic carbocycles. The maximum Gasteiger partial charge on any atom is 0.323 e. The molecular formula is C23H29N5O4. The largest absolute Gasteiger partial charge is 0.497 e. The van der Waals surface area contributed by atoms with Gasteiger partial charge < -0.3 is 26.0 Å². The van der Waals surface area contributed by atoms with Crippen molar-refractivity contribution < 1.29 is 19.1 Å². The van der Waals surface area contributed by atoms with Crippen LogP contribution in [0.25, 0.3) is 0 Å². The average Bonchev–Trinajstić information content (AvgIpc) is 3.23. The van der Waals surface area contributed by atoms with Gasteiger partial charge in [-0.2, -0.15) is 0 Å². The van der Waals surface area contributed by atoms with E-state index in [1.807, 2.05) is 25.1 Å². The molecule has 0 radical (unpaired) electrons. The Kier molecular flexibility index (Phi) is 7.67. The van der Waals surface area contributed by atoms with Crippen molar-refractivity contribution in [1.82, 2.24) is 15.1 Å². The molecule has 9 heteroatoms. The third kappa shape index (κ3) is 5.55. The number of nitrogens with one attached hydrogen (secondary N) is 2. The lowest BCUT2D eigenvalue weighted by Gasteiger charge is -2.29. The normalized spacial score (nSPS) is 15.4. The third-order valence-corrected chi connectivity index (χ3v) is 5.22. The van der Waals surface area contributed by atoms with Crippen LogP contribution in [-0.2, 0) is 16.0 Å². The van der Waals surface area contributed by atoms with Crippen molar-refractivity contribution in [2.45, 2.75) is 19.5 Å². The second kappa shape index (κ2) is 10.6. The van der Waals surface area contributed by atoms with E-state index in [-0.39, 0.29) is 38.5 Å². The van der Waals surface area contributed by atoms with Gasteiger partial charge in [0.05, 0.1) is 13.5 Å². The summed E-state index contributed by atoms with van der Waals surface area (Å²) in [6.45, 7) is 2.94. The highest BCUT2D eigenvalue weighted by Crippen LogP contribution is 2.20. The molecule has 4 amide bonds. The number of nitrogens with zero attached hydrogens (tertiary/aromatic N) is 2. The molecule has 170 valence electrons. The number of carbonyl (C=O) groups excluding carboxylic acids is 3. The second-order valence-electron chi connectivity index (χ2n) is 7.56. The maximum absolute atomic E-state index is 13.1. The van der Waals surface area contributed by atoms with Crippen molar-refractivity contribution in [2.24, 2.45) is 5.73 Å². The molecule has 3 rings (SSSR count). The van der Waals surface area contributed by atoms with Gasteiger partial charge in [0.1, 0.15) is 5.75 Å². The SMILES string of the molecule is COc1ccc(CC(=O)N2CCN(C(=O)Nc3cccc(C)c3)C2C(=O)NCCN)cc1. The molecule has 0 aromatic heterocycles. The van der Waals surface area contributed by atoms with Gasteiger partial charge in [0.15, 0.2) is 6.17 Å². The van der Waals surface area contributed by atoms with Crippen LogP contribution >= 0.6 is 0 Å². The highest BCUT2D eigenvalue weighted by molar-refractivity contribution is 5.96. The van der Waals surface area contributed by atoms with Crippen molar-refractivity contribution in [3.63, 3.8) is 0 Å². The zero-order valence-electron chi connectivity index (χ0n) is 18.3. The lowest BCUT2D eigenvalue weighted by atomic mass is 10.1. The first-order valence-electron chi connectivity index (χ1n) is 10.5. The molecule has 1 atom stereocenters. The number of nitrogens with two attached hydrogens (primary N) is 1. The van der Waals surface area contributed by atoms with Gasteiger partial charge in [0.2, 0.25) is 5.91 Å². The van der Waals surface area contributed by atoms with Crippen molar-refractivity contribution >= 4 is 23.5 Å². The average molecular weight is 440 g/mol. The zero-order chi connectivity index (χ0) is 23.1. The van der Waals surface area contributed by atoms with Crippen molar-refractivity contribution in [3.05, 3.63) is 59.7 Å². The van der Waals surface area contributed by atoms with Crippen LogP contribution in [0.5, 0.6) is 5.75 Å². The Bertz CT molecular complexity index is 963. The van der Waals surface area contributed by atoms with Gasteiger partial charge >= 0.3 is 6.03 Å². The van der Waals surface area contributed by atoms with E-state index in [0.29, 0.717) is 11.4 Å². The smallest absolute Gasteiger partial charge is 0.323 e. The quantitative estimate of drug-likeness (QED) is 0.602. The van der Waals surface area contributed by atoms with Gasteiger partial charge in [-0.3, -0.25) is 14.5 Å². The molecule has 4 N–H and O–H groups in total. The highest BCUT2D eigenvalue weighted by atomic mass is 16.5. The summed E-state index contributed by atoms with van der Waals surface area (Å²) in [5.41, 5.74) is 7.92. The zero-order valence-corrected chi connectivity index (χ0v) is 18.3. The first-order chi connectivity index (χ1) is 15.4. The fraction of sp³-hybridized carbons (Fsp3) is 0.348. The minimum atomic E-state index is -1.04. The second-order valence-corrected chi connectivity index (χ2v) is 7.56. The van der Waals surface area contributed by atoms with Crippen LogP contribution in [-0.4, -0.2) is 67.1 Å². The van der Waals surface area contributed by atoms with Gasteiger partial charge in [-0.1, -0.05) is 24.3 Å². The van der Waals surface area contributed by atoms with Gasteiger partial charge in [0, 0.05) is 31.9 Å². The topological polar surface area (TPSA) is 117 Å². The standard InChI is InChI=1S/C23H29N5O4/c1-16-4-3-5-18(14-16)26-23(31)28-13-12-27(22(28)21(30)25-11-10-24)20(29)15-17-6-8-19(32-2)9-7-17/h3-9,14,22H,10-13,15,24H2,1-2H3,(H,25,30)(H,26,31). The van der Waals surface area contributed by atoms with Crippen LogP contribution in [0.3, 0.4) is 0 Å². The summed E-state index contributed by atoms with van der Waals surface area (Å²) in [5.74, 6) is 0.0183. The fourth-order valence-corrected chi connectivity index (χ4v) is 3.61. The molecule has 1 unspecified atom stereocenters. The number of ether oxygens (including phenoxy) is 1. The number of hydrogen-bond donors (Lipinski definition) is 3. The number of rotatable bonds is 7. The molecular weight excluding hydrogens is 410 g/mol. The lowest BCUT2D eigenvalue weighted by molar-refractivity contribution is -0.140. The Balaban J connectivity index is 1.76. The summed E-state index contributed by atoms with van der Waals surface area (Å²) in [7, 11) is 1.57. The molecule has 2 aromatic carbocycles. The van der Waals surface area contributed by atoms with Crippen LogP contribution in [0.2, 0.25) is 0 Å². The predicted molar refractivity (Wildman–Crippen MR) is 121 cm³/mol. The van der Waals surface area contributed by atoms with Gasteiger partial charge in [0.25, 0.3) is 5.91 Å². The Hall–Kier alpha value is -3.59. The van der Waals surface area contributed by atoms with Crippen LogP contribution < -0.4 is 21.1 Å². The Morgan fingerprint density at radius 2 is 1.81 bits per heavy atom. The molecule has 1 aliphatic rings. The van der Waals surface area contributed by atoms with E-state index in [9.17, 15) is 14.4 Å². The van der Waals surface area contributed by atoms with E-state index in [2.05, 4.69) is 10.6 Å². The van der Waals surface area contributed by atoms with E-state index in [4.69, 9.17) is 10.5 Å². The highest BCUT2D eigenvalue weighted by Gasteiger charge is 2.42. The predicted octanol–water partition coefficient (Wildman–Crippen LogP) is 1.32. The number of amides is 4. The van der Waals surface area contributed by atoms with Crippen LogP contribution in [0.1, 0.15) is 11.1 Å². The minimum absolute atomic E-state index is 0.109. The van der Waals surface area contributed by atoms with Crippen molar-refractivity contribution in [1.29, 1.82) is 0 Å². The first-order valence-corrected chi connectivity index (χ1v) is 10.5. The molecule has 1 aliphatic heterocycles. The summed E-state index contributed by atoms with van der Waals surface area (Å²) in [6, 6.07) is 14.1. The summed E-state index contributed by atoms with van der Waals surface area (Å²) in [5, 5.41) is 5.52. The van der Waals surface area contributed by atoms with Crippen molar-refractivity contribution in [3.8, 4) is 5.75 Å². The Morgan fingerprint density at radius 1 is 1.09 bits per heavy atom. The van der Waals surface area contributed by atoms with Crippen LogP contribution in [0, 0.1) is 6.92 Å². The molecule has 2 aromatic rings. The molecule has 1 fully saturated rings. The first kappa shape index (κ1) is 23.1. The monoisotopic (exact) mass is 439 g/mol. The summed E-state index contributed by atoms with van der Waals surface area (Å²) < 4.78 is 5.15. The summed E-state index contributed by atoms with van der Waals surface area (Å²) in [6.07, 6.45) is -0.935. The van der Waals surface area contributed by atoms with E-state index in [1.54, 1.807) is 37.4 Å². The van der Waals surface area contributed by atoms with E-state index in [0.717, 1.165) is 11.1 Å².